The lowest BCUT2D eigenvalue weighted by atomic mass is 10.1. The van der Waals surface area contributed by atoms with E-state index in [1.165, 1.54) is 17.4 Å². The summed E-state index contributed by atoms with van der Waals surface area (Å²) in [6.07, 6.45) is 0. The highest BCUT2D eigenvalue weighted by Crippen LogP contribution is 2.28. The molecule has 1 N–H and O–H groups in total. The number of halogens is 1. The van der Waals surface area contributed by atoms with Crippen LogP contribution in [0, 0.1) is 12.7 Å². The number of fused-ring (bicyclic) bond motifs is 1. The van der Waals surface area contributed by atoms with Gasteiger partial charge in [0.1, 0.15) is 5.82 Å². The lowest BCUT2D eigenvalue weighted by Gasteiger charge is -1.96. The first-order chi connectivity index (χ1) is 6.58. The standard InChI is InChI=1S/C10H7FO2S/c1-5-2-7-8(10(12)13)3-6(11)4-9(7)14-5/h2-4H,1H3,(H,12,13). The van der Waals surface area contributed by atoms with Gasteiger partial charge in [-0.1, -0.05) is 0 Å². The highest BCUT2D eigenvalue weighted by Gasteiger charge is 2.12. The largest absolute Gasteiger partial charge is 0.478 e. The van der Waals surface area contributed by atoms with Gasteiger partial charge in [-0.05, 0) is 25.1 Å². The number of carboxylic acids is 1. The van der Waals surface area contributed by atoms with Crippen LogP contribution in [0.4, 0.5) is 4.39 Å². The van der Waals surface area contributed by atoms with E-state index in [9.17, 15) is 9.18 Å². The fourth-order valence-corrected chi connectivity index (χ4v) is 2.38. The number of thiophene rings is 1. The minimum absolute atomic E-state index is 0.0318. The lowest BCUT2D eigenvalue weighted by molar-refractivity contribution is 0.0698. The Kier molecular flexibility index (Phi) is 2.00. The first-order valence-electron chi connectivity index (χ1n) is 4.01. The predicted molar refractivity (Wildman–Crippen MR) is 53.5 cm³/mol. The summed E-state index contributed by atoms with van der Waals surface area (Å²) in [4.78, 5) is 11.8. The van der Waals surface area contributed by atoms with Crippen LogP contribution in [0.5, 0.6) is 0 Å². The highest BCUT2D eigenvalue weighted by atomic mass is 32.1. The Balaban J connectivity index is 2.85. The summed E-state index contributed by atoms with van der Waals surface area (Å²) in [5, 5.41) is 9.47. The Morgan fingerprint density at radius 3 is 2.79 bits per heavy atom. The van der Waals surface area contributed by atoms with E-state index >= 15 is 0 Å². The van der Waals surface area contributed by atoms with Crippen molar-refractivity contribution in [2.75, 3.05) is 0 Å². The molecule has 72 valence electrons. The second kappa shape index (κ2) is 3.06. The van der Waals surface area contributed by atoms with Gasteiger partial charge in [-0.3, -0.25) is 0 Å². The van der Waals surface area contributed by atoms with E-state index in [-0.39, 0.29) is 5.56 Å². The molecule has 0 saturated heterocycles. The van der Waals surface area contributed by atoms with Crippen molar-refractivity contribution < 1.29 is 14.3 Å². The zero-order chi connectivity index (χ0) is 10.3. The van der Waals surface area contributed by atoms with Crippen LogP contribution in [0.1, 0.15) is 15.2 Å². The summed E-state index contributed by atoms with van der Waals surface area (Å²) in [6.45, 7) is 1.87. The minimum atomic E-state index is -1.09. The fraction of sp³-hybridized carbons (Fsp3) is 0.100. The van der Waals surface area contributed by atoms with E-state index in [2.05, 4.69) is 0 Å². The average molecular weight is 210 g/mol. The van der Waals surface area contributed by atoms with Crippen LogP contribution < -0.4 is 0 Å². The normalized spacial score (nSPS) is 10.7. The minimum Gasteiger partial charge on any atom is -0.478 e. The number of aromatic carboxylic acids is 1. The van der Waals surface area contributed by atoms with Crippen molar-refractivity contribution in [1.29, 1.82) is 0 Å². The van der Waals surface area contributed by atoms with Gasteiger partial charge in [0.15, 0.2) is 0 Å². The molecule has 0 bridgehead atoms. The molecule has 0 atom stereocenters. The van der Waals surface area contributed by atoms with Crippen molar-refractivity contribution >= 4 is 27.4 Å². The Bertz CT molecular complexity index is 516. The Morgan fingerprint density at radius 2 is 2.14 bits per heavy atom. The van der Waals surface area contributed by atoms with Crippen LogP contribution >= 0.6 is 11.3 Å². The number of hydrogen-bond acceptors (Lipinski definition) is 2. The SMILES string of the molecule is Cc1cc2c(C(=O)O)cc(F)cc2s1. The number of benzene rings is 1. The van der Waals surface area contributed by atoms with Crippen molar-refractivity contribution in [3.8, 4) is 0 Å². The number of hydrogen-bond donors (Lipinski definition) is 1. The van der Waals surface area contributed by atoms with E-state index in [4.69, 9.17) is 5.11 Å². The zero-order valence-corrected chi connectivity index (χ0v) is 8.19. The Hall–Kier alpha value is -1.42. The van der Waals surface area contributed by atoms with Crippen LogP contribution in [0.3, 0.4) is 0 Å². The van der Waals surface area contributed by atoms with Crippen LogP contribution in [0.15, 0.2) is 18.2 Å². The van der Waals surface area contributed by atoms with Gasteiger partial charge in [0.25, 0.3) is 0 Å². The molecular formula is C10H7FO2S. The molecule has 1 aromatic carbocycles. The topological polar surface area (TPSA) is 37.3 Å². The first-order valence-corrected chi connectivity index (χ1v) is 4.82. The van der Waals surface area contributed by atoms with Crippen molar-refractivity contribution in [2.24, 2.45) is 0 Å². The molecule has 2 nitrogen and oxygen atoms in total. The van der Waals surface area contributed by atoms with Gasteiger partial charge in [0, 0.05) is 15.0 Å². The fourth-order valence-electron chi connectivity index (χ4n) is 1.41. The van der Waals surface area contributed by atoms with Gasteiger partial charge in [-0.15, -0.1) is 11.3 Å². The van der Waals surface area contributed by atoms with Gasteiger partial charge in [0.05, 0.1) is 5.56 Å². The van der Waals surface area contributed by atoms with Gasteiger partial charge < -0.3 is 5.11 Å². The number of rotatable bonds is 1. The zero-order valence-electron chi connectivity index (χ0n) is 7.37. The maximum absolute atomic E-state index is 13.0. The third-order valence-corrected chi connectivity index (χ3v) is 2.95. The van der Waals surface area contributed by atoms with E-state index in [1.807, 2.05) is 6.92 Å². The third kappa shape index (κ3) is 1.37. The molecule has 0 aliphatic carbocycles. The van der Waals surface area contributed by atoms with E-state index in [0.29, 0.717) is 10.1 Å². The van der Waals surface area contributed by atoms with Crippen molar-refractivity contribution in [2.45, 2.75) is 6.92 Å². The molecule has 2 rings (SSSR count). The van der Waals surface area contributed by atoms with Gasteiger partial charge in [-0.25, -0.2) is 9.18 Å². The van der Waals surface area contributed by atoms with Crippen LogP contribution in [-0.4, -0.2) is 11.1 Å². The van der Waals surface area contributed by atoms with Crippen molar-refractivity contribution in [1.82, 2.24) is 0 Å². The molecule has 1 heterocycles. The smallest absolute Gasteiger partial charge is 0.336 e. The molecule has 2 aromatic rings. The molecule has 0 amide bonds. The summed E-state index contributed by atoms with van der Waals surface area (Å²) in [5.41, 5.74) is 0.0318. The maximum Gasteiger partial charge on any atom is 0.336 e. The summed E-state index contributed by atoms with van der Waals surface area (Å²) in [5.74, 6) is -1.59. The summed E-state index contributed by atoms with van der Waals surface area (Å²) in [7, 11) is 0. The van der Waals surface area contributed by atoms with E-state index in [0.717, 1.165) is 10.9 Å². The van der Waals surface area contributed by atoms with Gasteiger partial charge in [-0.2, -0.15) is 0 Å². The Labute approximate surface area is 83.6 Å². The molecule has 0 fully saturated rings. The molecule has 4 heteroatoms. The monoisotopic (exact) mass is 210 g/mol. The van der Waals surface area contributed by atoms with Gasteiger partial charge >= 0.3 is 5.97 Å². The molecule has 0 spiro atoms. The maximum atomic E-state index is 13.0. The predicted octanol–water partition coefficient (Wildman–Crippen LogP) is 3.05. The lowest BCUT2D eigenvalue weighted by Crippen LogP contribution is -1.97. The summed E-state index contributed by atoms with van der Waals surface area (Å²) < 4.78 is 13.7. The number of carboxylic acid groups (broad SMARTS) is 1. The molecule has 0 aliphatic heterocycles. The van der Waals surface area contributed by atoms with Crippen LogP contribution in [0.2, 0.25) is 0 Å². The van der Waals surface area contributed by atoms with Crippen LogP contribution in [0.25, 0.3) is 10.1 Å². The molecule has 1 aromatic heterocycles. The van der Waals surface area contributed by atoms with Crippen molar-refractivity contribution in [3.05, 3.63) is 34.5 Å². The Morgan fingerprint density at radius 1 is 1.43 bits per heavy atom. The van der Waals surface area contributed by atoms with Crippen molar-refractivity contribution in [3.63, 3.8) is 0 Å². The quantitative estimate of drug-likeness (QED) is 0.785. The van der Waals surface area contributed by atoms with E-state index < -0.39 is 11.8 Å². The molecule has 0 saturated carbocycles. The number of carbonyl (C=O) groups is 1. The van der Waals surface area contributed by atoms with E-state index in [1.54, 1.807) is 6.07 Å². The molecular weight excluding hydrogens is 203 g/mol. The summed E-state index contributed by atoms with van der Waals surface area (Å²) in [6, 6.07) is 4.18. The highest BCUT2D eigenvalue weighted by molar-refractivity contribution is 7.19. The molecule has 14 heavy (non-hydrogen) atoms. The summed E-state index contributed by atoms with van der Waals surface area (Å²) >= 11 is 1.39. The molecule has 0 aliphatic rings. The number of aryl methyl sites for hydroxylation is 1. The first kappa shape index (κ1) is 9.15. The van der Waals surface area contributed by atoms with Gasteiger partial charge in [0.2, 0.25) is 0 Å². The third-order valence-electron chi connectivity index (χ3n) is 1.96. The van der Waals surface area contributed by atoms with Crippen LogP contribution in [-0.2, 0) is 0 Å². The molecule has 0 unspecified atom stereocenters. The second-order valence-electron chi connectivity index (χ2n) is 3.03. The average Bonchev–Trinajstić information content (AvgIpc) is 2.42. The second-order valence-corrected chi connectivity index (χ2v) is 4.32. The molecule has 0 radical (unpaired) electrons.